The van der Waals surface area contributed by atoms with Crippen LogP contribution in [0.3, 0.4) is 0 Å². The molecule has 3 N–H and O–H groups in total. The van der Waals surface area contributed by atoms with Crippen molar-refractivity contribution in [2.45, 2.75) is 26.3 Å². The van der Waals surface area contributed by atoms with Crippen LogP contribution in [0.4, 0.5) is 21.0 Å². The number of nitrogens with zero attached hydrogens (tertiary/aromatic N) is 1. The highest BCUT2D eigenvalue weighted by Gasteiger charge is 2.38. The first-order valence-corrected chi connectivity index (χ1v) is 13.3. The number of urea groups is 2. The van der Waals surface area contributed by atoms with Gasteiger partial charge in [-0.1, -0.05) is 78.7 Å². The maximum absolute atomic E-state index is 13.4. The number of hydrogen-bond donors (Lipinski definition) is 3. The van der Waals surface area contributed by atoms with Crippen molar-refractivity contribution in [1.82, 2.24) is 10.2 Å². The fourth-order valence-electron chi connectivity index (χ4n) is 4.36. The Bertz CT molecular complexity index is 1390. The summed E-state index contributed by atoms with van der Waals surface area (Å²) in [5.41, 5.74) is 2.83. The van der Waals surface area contributed by atoms with Gasteiger partial charge in [-0.3, -0.25) is 4.90 Å². The van der Waals surface area contributed by atoms with Crippen LogP contribution in [0.1, 0.15) is 37.4 Å². The van der Waals surface area contributed by atoms with Gasteiger partial charge in [0.1, 0.15) is 0 Å². The molecule has 0 saturated carbocycles. The van der Waals surface area contributed by atoms with E-state index in [4.69, 9.17) is 27.9 Å². The molecule has 4 amide bonds. The molecule has 1 heterocycles. The summed E-state index contributed by atoms with van der Waals surface area (Å²) < 4.78 is 5.45. The van der Waals surface area contributed by atoms with Gasteiger partial charge in [0.05, 0.1) is 39.7 Å². The Kier molecular flexibility index (Phi) is 9.11. The quantitative estimate of drug-likeness (QED) is 0.253. The smallest absolute Gasteiger partial charge is 0.338 e. The van der Waals surface area contributed by atoms with Gasteiger partial charge in [-0.15, -0.1) is 0 Å². The number of carbonyl (C=O) groups excluding carboxylic acids is 3. The maximum atomic E-state index is 13.4. The van der Waals surface area contributed by atoms with E-state index in [1.807, 2.05) is 37.3 Å². The average Bonchev–Trinajstić information content (AvgIpc) is 2.92. The highest BCUT2D eigenvalue weighted by molar-refractivity contribution is 6.39. The fraction of sp³-hybridized carbons (Fsp3) is 0.207. The predicted molar refractivity (Wildman–Crippen MR) is 154 cm³/mol. The third-order valence-corrected chi connectivity index (χ3v) is 6.63. The standard InChI is InChI=1S/C29H28Cl2N4O4/c1-3-16-35-26(18-10-6-5-7-11-18)23(27(36)39-4-2)24(34-29(35)38)19-12-8-13-20(17-19)32-28(37)33-25-21(30)14-9-15-22(25)31/h5-15,17,24H,3-4,16H2,1-2H3,(H,34,38)(H2,32,33,37). The Hall–Kier alpha value is -4.01. The summed E-state index contributed by atoms with van der Waals surface area (Å²) in [5, 5.41) is 8.96. The van der Waals surface area contributed by atoms with Crippen LogP contribution in [0, 0.1) is 0 Å². The van der Waals surface area contributed by atoms with Crippen molar-refractivity contribution in [2.75, 3.05) is 23.8 Å². The van der Waals surface area contributed by atoms with Gasteiger partial charge in [0.15, 0.2) is 0 Å². The molecule has 0 aliphatic carbocycles. The number of amides is 4. The van der Waals surface area contributed by atoms with Gasteiger partial charge in [0.25, 0.3) is 0 Å². The topological polar surface area (TPSA) is 99.8 Å². The number of halogens is 2. The molecule has 0 radical (unpaired) electrons. The Morgan fingerprint density at radius 1 is 0.949 bits per heavy atom. The van der Waals surface area contributed by atoms with Crippen LogP contribution in [-0.2, 0) is 9.53 Å². The number of para-hydroxylation sites is 1. The molecule has 202 valence electrons. The van der Waals surface area contributed by atoms with E-state index < -0.39 is 18.0 Å². The van der Waals surface area contributed by atoms with E-state index in [1.54, 1.807) is 54.3 Å². The van der Waals surface area contributed by atoms with E-state index in [0.717, 1.165) is 5.56 Å². The minimum Gasteiger partial charge on any atom is -0.463 e. The largest absolute Gasteiger partial charge is 0.463 e. The molecule has 0 saturated heterocycles. The zero-order valence-electron chi connectivity index (χ0n) is 21.5. The molecule has 3 aromatic rings. The van der Waals surface area contributed by atoms with E-state index in [0.29, 0.717) is 45.5 Å². The van der Waals surface area contributed by atoms with Crippen molar-refractivity contribution in [3.05, 3.63) is 99.5 Å². The Labute approximate surface area is 236 Å². The summed E-state index contributed by atoms with van der Waals surface area (Å²) in [4.78, 5) is 41.0. The van der Waals surface area contributed by atoms with Crippen LogP contribution in [0.5, 0.6) is 0 Å². The van der Waals surface area contributed by atoms with Gasteiger partial charge in [-0.2, -0.15) is 0 Å². The van der Waals surface area contributed by atoms with E-state index in [1.165, 1.54) is 0 Å². The first-order chi connectivity index (χ1) is 18.8. The first kappa shape index (κ1) is 28.0. The summed E-state index contributed by atoms with van der Waals surface area (Å²) in [6.07, 6.45) is 0.689. The maximum Gasteiger partial charge on any atom is 0.338 e. The zero-order chi connectivity index (χ0) is 27.9. The molecule has 0 spiro atoms. The average molecular weight is 567 g/mol. The molecule has 1 aliphatic heterocycles. The molecule has 39 heavy (non-hydrogen) atoms. The van der Waals surface area contributed by atoms with Gasteiger partial charge in [-0.05, 0) is 48.7 Å². The van der Waals surface area contributed by atoms with Crippen LogP contribution in [0.2, 0.25) is 10.0 Å². The molecule has 3 aromatic carbocycles. The van der Waals surface area contributed by atoms with Gasteiger partial charge >= 0.3 is 18.0 Å². The van der Waals surface area contributed by atoms with Crippen molar-refractivity contribution in [1.29, 1.82) is 0 Å². The lowest BCUT2D eigenvalue weighted by molar-refractivity contribution is -0.138. The second-order valence-electron chi connectivity index (χ2n) is 8.68. The zero-order valence-corrected chi connectivity index (χ0v) is 23.0. The lowest BCUT2D eigenvalue weighted by Gasteiger charge is -2.37. The van der Waals surface area contributed by atoms with Gasteiger partial charge in [-0.25, -0.2) is 14.4 Å². The van der Waals surface area contributed by atoms with Crippen molar-refractivity contribution < 1.29 is 19.1 Å². The summed E-state index contributed by atoms with van der Waals surface area (Å²) in [7, 11) is 0. The number of esters is 1. The summed E-state index contributed by atoms with van der Waals surface area (Å²) in [6.45, 7) is 4.28. The lowest BCUT2D eigenvalue weighted by atomic mass is 9.91. The lowest BCUT2D eigenvalue weighted by Crippen LogP contribution is -2.48. The van der Waals surface area contributed by atoms with Crippen LogP contribution in [-0.4, -0.2) is 36.1 Å². The minimum absolute atomic E-state index is 0.172. The first-order valence-electron chi connectivity index (χ1n) is 12.5. The molecule has 0 aromatic heterocycles. The number of hydrogen-bond acceptors (Lipinski definition) is 4. The highest BCUT2D eigenvalue weighted by Crippen LogP contribution is 2.37. The van der Waals surface area contributed by atoms with Crippen LogP contribution >= 0.6 is 23.2 Å². The van der Waals surface area contributed by atoms with E-state index >= 15 is 0 Å². The Morgan fingerprint density at radius 3 is 2.31 bits per heavy atom. The third-order valence-electron chi connectivity index (χ3n) is 6.00. The van der Waals surface area contributed by atoms with Crippen molar-refractivity contribution in [2.24, 2.45) is 0 Å². The molecule has 1 aliphatic rings. The molecule has 10 heteroatoms. The Morgan fingerprint density at radius 2 is 1.64 bits per heavy atom. The van der Waals surface area contributed by atoms with Gasteiger partial charge in [0.2, 0.25) is 0 Å². The van der Waals surface area contributed by atoms with Crippen molar-refractivity contribution >= 4 is 58.3 Å². The van der Waals surface area contributed by atoms with Crippen LogP contribution in [0.15, 0.2) is 78.4 Å². The Balaban J connectivity index is 1.73. The summed E-state index contributed by atoms with van der Waals surface area (Å²) >= 11 is 12.3. The molecule has 0 fully saturated rings. The molecule has 8 nitrogen and oxygen atoms in total. The molecular formula is C29H28Cl2N4O4. The van der Waals surface area contributed by atoms with Crippen molar-refractivity contribution in [3.63, 3.8) is 0 Å². The molecule has 1 atom stereocenters. The number of nitrogens with one attached hydrogen (secondary N) is 3. The number of ether oxygens (including phenoxy) is 1. The van der Waals surface area contributed by atoms with Gasteiger partial charge in [0, 0.05) is 12.2 Å². The van der Waals surface area contributed by atoms with E-state index in [-0.39, 0.29) is 18.3 Å². The van der Waals surface area contributed by atoms with Crippen molar-refractivity contribution in [3.8, 4) is 0 Å². The number of carbonyl (C=O) groups is 3. The summed E-state index contributed by atoms with van der Waals surface area (Å²) in [5.74, 6) is -0.535. The minimum atomic E-state index is -0.817. The van der Waals surface area contributed by atoms with E-state index in [2.05, 4.69) is 16.0 Å². The number of rotatable bonds is 8. The second kappa shape index (κ2) is 12.7. The van der Waals surface area contributed by atoms with Gasteiger partial charge < -0.3 is 20.7 Å². The monoisotopic (exact) mass is 566 g/mol. The van der Waals surface area contributed by atoms with Crippen LogP contribution in [0.25, 0.3) is 5.70 Å². The highest BCUT2D eigenvalue weighted by atomic mass is 35.5. The molecule has 1 unspecified atom stereocenters. The second-order valence-corrected chi connectivity index (χ2v) is 9.50. The third kappa shape index (κ3) is 6.35. The molecule has 4 rings (SSSR count). The SMILES string of the molecule is CCCN1C(=O)NC(c2cccc(NC(=O)Nc3c(Cl)cccc3Cl)c2)C(C(=O)OCC)=C1c1ccccc1. The normalized spacial score (nSPS) is 15.0. The molecular weight excluding hydrogens is 539 g/mol. The number of anilines is 2. The fourth-order valence-corrected chi connectivity index (χ4v) is 4.86. The van der Waals surface area contributed by atoms with Crippen LogP contribution < -0.4 is 16.0 Å². The van der Waals surface area contributed by atoms with E-state index in [9.17, 15) is 14.4 Å². The number of benzene rings is 3. The summed E-state index contributed by atoms with van der Waals surface area (Å²) in [6, 6.07) is 19.4. The predicted octanol–water partition coefficient (Wildman–Crippen LogP) is 7.09. The molecule has 0 bridgehead atoms.